The summed E-state index contributed by atoms with van der Waals surface area (Å²) in [6.07, 6.45) is 0.207. The van der Waals surface area contributed by atoms with Gasteiger partial charge in [0.2, 0.25) is 5.91 Å². The number of carbonyl (C=O) groups is 2. The molecule has 6 heteroatoms. The second kappa shape index (κ2) is 8.92. The third kappa shape index (κ3) is 4.53. The summed E-state index contributed by atoms with van der Waals surface area (Å²) in [6.45, 7) is 0.402. The molecule has 0 bridgehead atoms. The molecule has 1 aliphatic heterocycles. The normalized spacial score (nSPS) is 15.2. The molecule has 3 aromatic rings. The molecule has 0 saturated heterocycles. The molecule has 0 fully saturated rings. The minimum absolute atomic E-state index is 0.0390. The third-order valence-corrected chi connectivity index (χ3v) is 5.48. The van der Waals surface area contributed by atoms with Crippen LogP contribution in [0.3, 0.4) is 0 Å². The Kier molecular flexibility index (Phi) is 5.89. The van der Waals surface area contributed by atoms with E-state index in [1.165, 1.54) is 11.0 Å². The molecule has 1 amide bonds. The molecule has 1 heterocycles. The topological polar surface area (TPSA) is 87.1 Å². The number of aromatic hydroxyl groups is 1. The highest BCUT2D eigenvalue weighted by Gasteiger charge is 2.36. The first-order valence-corrected chi connectivity index (χ1v) is 10.1. The predicted molar refractivity (Wildman–Crippen MR) is 115 cm³/mol. The van der Waals surface area contributed by atoms with Crippen molar-refractivity contribution in [2.45, 2.75) is 32.0 Å². The van der Waals surface area contributed by atoms with E-state index in [-0.39, 0.29) is 43.4 Å². The van der Waals surface area contributed by atoms with Gasteiger partial charge < -0.3 is 19.8 Å². The summed E-state index contributed by atoms with van der Waals surface area (Å²) in [4.78, 5) is 26.3. The van der Waals surface area contributed by atoms with Gasteiger partial charge in [-0.25, -0.2) is 4.79 Å². The van der Waals surface area contributed by atoms with E-state index in [1.807, 2.05) is 60.7 Å². The largest absolute Gasteiger partial charge is 0.504 e. The molecule has 6 nitrogen and oxygen atoms in total. The lowest BCUT2D eigenvalue weighted by Crippen LogP contribution is -2.49. The molecule has 0 aliphatic carbocycles. The van der Waals surface area contributed by atoms with Crippen molar-refractivity contribution in [2.75, 3.05) is 0 Å². The summed E-state index contributed by atoms with van der Waals surface area (Å²) in [5, 5.41) is 20.2. The number of hydrogen-bond donors (Lipinski definition) is 2. The van der Waals surface area contributed by atoms with Crippen molar-refractivity contribution in [1.29, 1.82) is 0 Å². The smallest absolute Gasteiger partial charge is 0.326 e. The second-order valence-corrected chi connectivity index (χ2v) is 7.57. The Bertz CT molecular complexity index is 1080. The van der Waals surface area contributed by atoms with E-state index in [0.29, 0.717) is 5.56 Å². The number of nitrogens with zero attached hydrogens (tertiary/aromatic N) is 1. The van der Waals surface area contributed by atoms with Crippen LogP contribution in [-0.2, 0) is 35.6 Å². The number of rotatable bonds is 6. The van der Waals surface area contributed by atoms with E-state index in [9.17, 15) is 19.8 Å². The number of carboxylic acid groups (broad SMARTS) is 1. The van der Waals surface area contributed by atoms with Crippen LogP contribution in [0.5, 0.6) is 11.5 Å². The van der Waals surface area contributed by atoms with Crippen molar-refractivity contribution in [1.82, 2.24) is 4.90 Å². The minimum atomic E-state index is -1.08. The number of phenols is 1. The fourth-order valence-corrected chi connectivity index (χ4v) is 3.87. The average molecular weight is 417 g/mol. The van der Waals surface area contributed by atoms with Gasteiger partial charge in [0.15, 0.2) is 11.5 Å². The van der Waals surface area contributed by atoms with E-state index < -0.39 is 12.0 Å². The number of carbonyl (C=O) groups excluding carboxylic acids is 1. The molecule has 2 N–H and O–H groups in total. The standard InChI is InChI=1S/C25H23NO5/c27-22-12-11-19-15-26(23(28)13-17-7-3-1-4-8-17)21(25(29)30)14-20(19)24(22)31-16-18-9-5-2-6-10-18/h1-12,21,27H,13-16H2,(H,29,30)/t21-/m0/s1. The highest BCUT2D eigenvalue weighted by Crippen LogP contribution is 2.38. The lowest BCUT2D eigenvalue weighted by molar-refractivity contribution is -0.151. The van der Waals surface area contributed by atoms with E-state index >= 15 is 0 Å². The van der Waals surface area contributed by atoms with Crippen LogP contribution >= 0.6 is 0 Å². The fraction of sp³-hybridized carbons (Fsp3) is 0.200. The van der Waals surface area contributed by atoms with Crippen LogP contribution < -0.4 is 4.74 Å². The zero-order valence-corrected chi connectivity index (χ0v) is 16.9. The van der Waals surface area contributed by atoms with Crippen molar-refractivity contribution < 1.29 is 24.5 Å². The number of benzene rings is 3. The van der Waals surface area contributed by atoms with Crippen LogP contribution in [0.1, 0.15) is 22.3 Å². The summed E-state index contributed by atoms with van der Waals surface area (Å²) in [5.41, 5.74) is 3.18. The van der Waals surface area contributed by atoms with Crippen LogP contribution in [0.25, 0.3) is 0 Å². The Morgan fingerprint density at radius 3 is 2.23 bits per heavy atom. The molecule has 0 saturated carbocycles. The number of amides is 1. The van der Waals surface area contributed by atoms with Crippen molar-refractivity contribution in [3.8, 4) is 11.5 Å². The number of hydrogen-bond acceptors (Lipinski definition) is 4. The number of phenolic OH excluding ortho intramolecular Hbond substituents is 1. The molecule has 0 radical (unpaired) electrons. The lowest BCUT2D eigenvalue weighted by Gasteiger charge is -2.35. The SMILES string of the molecule is O=C(O)[C@@H]1Cc2c(ccc(O)c2OCc2ccccc2)CN1C(=O)Cc1ccccc1. The Labute approximate surface area is 180 Å². The number of aliphatic carboxylic acids is 1. The monoisotopic (exact) mass is 417 g/mol. The zero-order valence-electron chi connectivity index (χ0n) is 16.9. The Morgan fingerprint density at radius 1 is 0.935 bits per heavy atom. The summed E-state index contributed by atoms with van der Waals surface area (Å²) in [7, 11) is 0. The van der Waals surface area contributed by atoms with Gasteiger partial charge in [0.05, 0.1) is 6.42 Å². The van der Waals surface area contributed by atoms with Gasteiger partial charge in [-0.05, 0) is 22.8 Å². The summed E-state index contributed by atoms with van der Waals surface area (Å²) in [6, 6.07) is 21.0. The van der Waals surface area contributed by atoms with Gasteiger partial charge in [-0.1, -0.05) is 66.7 Å². The molecule has 0 unspecified atom stereocenters. The first-order chi connectivity index (χ1) is 15.0. The molecule has 4 rings (SSSR count). The van der Waals surface area contributed by atoms with E-state index in [2.05, 4.69) is 0 Å². The van der Waals surface area contributed by atoms with Crippen molar-refractivity contribution in [3.05, 3.63) is 95.1 Å². The zero-order chi connectivity index (χ0) is 21.8. The quantitative estimate of drug-likeness (QED) is 0.641. The molecule has 1 atom stereocenters. The second-order valence-electron chi connectivity index (χ2n) is 7.57. The van der Waals surface area contributed by atoms with Crippen LogP contribution in [0, 0.1) is 0 Å². The van der Waals surface area contributed by atoms with Gasteiger partial charge in [-0.15, -0.1) is 0 Å². The van der Waals surface area contributed by atoms with Crippen molar-refractivity contribution in [3.63, 3.8) is 0 Å². The number of ether oxygens (including phenoxy) is 1. The van der Waals surface area contributed by atoms with Crippen LogP contribution in [0.2, 0.25) is 0 Å². The Hall–Kier alpha value is -3.80. The summed E-state index contributed by atoms with van der Waals surface area (Å²) >= 11 is 0. The average Bonchev–Trinajstić information content (AvgIpc) is 2.79. The van der Waals surface area contributed by atoms with E-state index in [1.54, 1.807) is 6.07 Å². The van der Waals surface area contributed by atoms with Crippen LogP contribution in [-0.4, -0.2) is 33.0 Å². The van der Waals surface area contributed by atoms with Gasteiger partial charge in [0.1, 0.15) is 12.6 Å². The van der Waals surface area contributed by atoms with Crippen molar-refractivity contribution in [2.24, 2.45) is 0 Å². The third-order valence-electron chi connectivity index (χ3n) is 5.48. The van der Waals surface area contributed by atoms with E-state index in [0.717, 1.165) is 16.7 Å². The Balaban J connectivity index is 1.60. The van der Waals surface area contributed by atoms with Gasteiger partial charge in [0.25, 0.3) is 0 Å². The van der Waals surface area contributed by atoms with Crippen LogP contribution in [0.4, 0.5) is 0 Å². The molecule has 158 valence electrons. The molecular formula is C25H23NO5. The minimum Gasteiger partial charge on any atom is -0.504 e. The molecule has 1 aliphatic rings. The highest BCUT2D eigenvalue weighted by molar-refractivity contribution is 5.86. The molecular weight excluding hydrogens is 394 g/mol. The first-order valence-electron chi connectivity index (χ1n) is 10.1. The fourth-order valence-electron chi connectivity index (χ4n) is 3.87. The van der Waals surface area contributed by atoms with Gasteiger partial charge in [-0.2, -0.15) is 0 Å². The van der Waals surface area contributed by atoms with Gasteiger partial charge in [-0.3, -0.25) is 4.79 Å². The summed E-state index contributed by atoms with van der Waals surface area (Å²) < 4.78 is 5.89. The predicted octanol–water partition coefficient (Wildman–Crippen LogP) is 3.55. The van der Waals surface area contributed by atoms with Gasteiger partial charge >= 0.3 is 5.97 Å². The van der Waals surface area contributed by atoms with Gasteiger partial charge in [0, 0.05) is 18.5 Å². The summed E-state index contributed by atoms with van der Waals surface area (Å²) in [5.74, 6) is -1.08. The number of carboxylic acids is 1. The van der Waals surface area contributed by atoms with Crippen molar-refractivity contribution >= 4 is 11.9 Å². The maximum absolute atomic E-state index is 12.9. The maximum Gasteiger partial charge on any atom is 0.326 e. The Morgan fingerprint density at radius 2 is 1.58 bits per heavy atom. The maximum atomic E-state index is 12.9. The highest BCUT2D eigenvalue weighted by atomic mass is 16.5. The first kappa shape index (κ1) is 20.5. The van der Waals surface area contributed by atoms with E-state index in [4.69, 9.17) is 4.74 Å². The lowest BCUT2D eigenvalue weighted by atomic mass is 9.92. The molecule has 0 aromatic heterocycles. The van der Waals surface area contributed by atoms with Crippen LogP contribution in [0.15, 0.2) is 72.8 Å². The molecule has 0 spiro atoms. The molecule has 31 heavy (non-hydrogen) atoms. The number of fused-ring (bicyclic) bond motifs is 1. The molecule has 3 aromatic carbocycles.